The van der Waals surface area contributed by atoms with E-state index < -0.39 is 0 Å². The molecule has 2 aliphatic heterocycles. The van der Waals surface area contributed by atoms with Gasteiger partial charge < -0.3 is 15.3 Å². The van der Waals surface area contributed by atoms with Gasteiger partial charge in [0.1, 0.15) is 0 Å². The van der Waals surface area contributed by atoms with E-state index in [4.69, 9.17) is 15.7 Å². The van der Waals surface area contributed by atoms with Crippen LogP contribution in [0.15, 0.2) is 146 Å². The second kappa shape index (κ2) is 11.8. The Labute approximate surface area is 284 Å². The van der Waals surface area contributed by atoms with Crippen molar-refractivity contribution in [1.82, 2.24) is 19.5 Å². The molecule has 5 nitrogen and oxygen atoms in total. The molecule has 8 bridgehead atoms. The molecule has 0 unspecified atom stereocenters. The van der Waals surface area contributed by atoms with E-state index in [-0.39, 0.29) is 0 Å². The van der Waals surface area contributed by atoms with Crippen LogP contribution in [0.2, 0.25) is 0 Å². The Morgan fingerprint density at radius 3 is 1.71 bits per heavy atom. The standard InChI is InChI=1S/C44H31N5/c45-38-19-11-10-18-37(38)43-39-25-24-34(48-39)27-33-21-20-31(46-33)26-32-22-23-35(47-32)28-40-41(29-12-4-1-5-13-29)42(30-14-6-2-7-15-30)44(43)49(40)36-16-8-3-9-17-36/h1-28,46H,45H2. The molecule has 0 saturated heterocycles. The van der Waals surface area contributed by atoms with E-state index >= 15 is 0 Å². The lowest BCUT2D eigenvalue weighted by molar-refractivity contribution is 1.17. The number of benzene rings is 4. The van der Waals surface area contributed by atoms with Gasteiger partial charge >= 0.3 is 0 Å². The number of rotatable bonds is 4. The fourth-order valence-electron chi connectivity index (χ4n) is 6.91. The summed E-state index contributed by atoms with van der Waals surface area (Å²) in [6.45, 7) is 0. The van der Waals surface area contributed by atoms with E-state index in [0.717, 1.165) is 83.9 Å². The van der Waals surface area contributed by atoms with Gasteiger partial charge in [0.15, 0.2) is 0 Å². The molecule has 0 radical (unpaired) electrons. The Morgan fingerprint density at radius 1 is 0.490 bits per heavy atom. The number of aromatic amines is 1. The average Bonchev–Trinajstić information content (AvgIpc) is 3.95. The maximum absolute atomic E-state index is 6.89. The second-order valence-corrected chi connectivity index (χ2v) is 12.2. The quantitative estimate of drug-likeness (QED) is 0.190. The zero-order chi connectivity index (χ0) is 32.7. The van der Waals surface area contributed by atoms with Crippen LogP contribution < -0.4 is 5.73 Å². The predicted octanol–water partition coefficient (Wildman–Crippen LogP) is 10.7. The van der Waals surface area contributed by atoms with E-state index in [1.807, 2.05) is 18.2 Å². The lowest BCUT2D eigenvalue weighted by Crippen LogP contribution is -1.99. The van der Waals surface area contributed by atoms with Crippen molar-refractivity contribution in [2.24, 2.45) is 0 Å². The van der Waals surface area contributed by atoms with Gasteiger partial charge in [0.2, 0.25) is 0 Å². The van der Waals surface area contributed by atoms with E-state index in [9.17, 15) is 0 Å². The van der Waals surface area contributed by atoms with Crippen LogP contribution in [0, 0.1) is 0 Å². The van der Waals surface area contributed by atoms with Crippen LogP contribution in [0.25, 0.3) is 85.4 Å². The van der Waals surface area contributed by atoms with E-state index in [2.05, 4.69) is 161 Å². The smallest absolute Gasteiger partial charge is 0.0738 e. The highest BCUT2D eigenvalue weighted by Gasteiger charge is 2.26. The van der Waals surface area contributed by atoms with Crippen LogP contribution in [0.3, 0.4) is 0 Å². The zero-order valence-corrected chi connectivity index (χ0v) is 26.6. The predicted molar refractivity (Wildman–Crippen MR) is 205 cm³/mol. The number of aromatic nitrogens is 4. The molecule has 0 saturated carbocycles. The number of nitrogens with two attached hydrogens (primary N) is 1. The number of fused-ring (bicyclic) bond motifs is 8. The first kappa shape index (κ1) is 28.5. The van der Waals surface area contributed by atoms with Crippen molar-refractivity contribution in [3.63, 3.8) is 0 Å². The van der Waals surface area contributed by atoms with Crippen LogP contribution >= 0.6 is 0 Å². The Morgan fingerprint density at radius 2 is 1.04 bits per heavy atom. The second-order valence-electron chi connectivity index (χ2n) is 12.2. The van der Waals surface area contributed by atoms with Gasteiger partial charge in [-0.05, 0) is 84.0 Å². The van der Waals surface area contributed by atoms with Gasteiger partial charge in [0.25, 0.3) is 0 Å². The Balaban J connectivity index is 1.62. The number of para-hydroxylation sites is 2. The van der Waals surface area contributed by atoms with Gasteiger partial charge in [-0.15, -0.1) is 0 Å². The molecule has 0 aliphatic carbocycles. The third-order valence-electron chi connectivity index (χ3n) is 9.04. The van der Waals surface area contributed by atoms with Gasteiger partial charge in [-0.1, -0.05) is 97.1 Å². The maximum Gasteiger partial charge on any atom is 0.0738 e. The monoisotopic (exact) mass is 629 g/mol. The van der Waals surface area contributed by atoms with Gasteiger partial charge in [-0.3, -0.25) is 0 Å². The first-order chi connectivity index (χ1) is 24.2. The molecule has 0 spiro atoms. The van der Waals surface area contributed by atoms with E-state index in [0.29, 0.717) is 5.69 Å². The molecule has 7 aromatic rings. The third kappa shape index (κ3) is 5.14. The van der Waals surface area contributed by atoms with Crippen LogP contribution in [0.5, 0.6) is 0 Å². The summed E-state index contributed by atoms with van der Waals surface area (Å²) < 4.78 is 2.37. The molecule has 2 aliphatic rings. The molecule has 0 atom stereocenters. The number of anilines is 1. The lowest BCUT2D eigenvalue weighted by Gasteiger charge is -2.14. The SMILES string of the molecule is Nc1ccccc1-c1c2nc(cc3ccc(cc4nc(cc5c(-c6ccccc6)c(-c6ccccc6)c1n5-c1ccccc1)C=C4)[nH]3)C=C2. The van der Waals surface area contributed by atoms with Crippen molar-refractivity contribution < 1.29 is 0 Å². The Hall–Kier alpha value is -6.72. The van der Waals surface area contributed by atoms with Crippen molar-refractivity contribution in [1.29, 1.82) is 0 Å². The summed E-state index contributed by atoms with van der Waals surface area (Å²) in [5, 5.41) is 0. The molecule has 3 aromatic heterocycles. The number of hydrogen-bond acceptors (Lipinski definition) is 3. The number of nitrogens with zero attached hydrogens (tertiary/aromatic N) is 3. The van der Waals surface area contributed by atoms with E-state index in [1.54, 1.807) is 0 Å². The molecule has 9 rings (SSSR count). The molecule has 5 heterocycles. The molecule has 49 heavy (non-hydrogen) atoms. The third-order valence-corrected chi connectivity index (χ3v) is 9.04. The molecule has 0 fully saturated rings. The van der Waals surface area contributed by atoms with Gasteiger partial charge in [-0.25, -0.2) is 9.97 Å². The number of H-pyrrole nitrogens is 1. The lowest BCUT2D eigenvalue weighted by atomic mass is 9.92. The fraction of sp³-hybridized carbons (Fsp3) is 0. The highest BCUT2D eigenvalue weighted by Crippen LogP contribution is 2.47. The molecule has 4 aromatic carbocycles. The van der Waals surface area contributed by atoms with Crippen molar-refractivity contribution in [2.45, 2.75) is 0 Å². The van der Waals surface area contributed by atoms with Crippen molar-refractivity contribution >= 4 is 52.1 Å². The molecular formula is C44H31N5. The van der Waals surface area contributed by atoms with Gasteiger partial charge in [0.05, 0.1) is 33.8 Å². The fourth-order valence-corrected chi connectivity index (χ4v) is 6.91. The van der Waals surface area contributed by atoms with Crippen molar-refractivity contribution in [3.05, 3.63) is 168 Å². The molecule has 3 N–H and O–H groups in total. The minimum absolute atomic E-state index is 0.680. The van der Waals surface area contributed by atoms with Crippen molar-refractivity contribution in [2.75, 3.05) is 5.73 Å². The summed E-state index contributed by atoms with van der Waals surface area (Å²) in [4.78, 5) is 13.9. The van der Waals surface area contributed by atoms with Gasteiger partial charge in [-0.2, -0.15) is 0 Å². The largest absolute Gasteiger partial charge is 0.398 e. The first-order valence-corrected chi connectivity index (χ1v) is 16.4. The average molecular weight is 630 g/mol. The molecular weight excluding hydrogens is 599 g/mol. The van der Waals surface area contributed by atoms with Crippen molar-refractivity contribution in [3.8, 4) is 39.1 Å². The Bertz CT molecular complexity index is 2590. The highest BCUT2D eigenvalue weighted by molar-refractivity contribution is 6.11. The minimum atomic E-state index is 0.680. The number of nitrogen functional groups attached to an aromatic ring is 1. The summed E-state index contributed by atoms with van der Waals surface area (Å²) in [5.41, 5.74) is 22.2. The van der Waals surface area contributed by atoms with Crippen LogP contribution in [-0.2, 0) is 0 Å². The molecule has 232 valence electrons. The van der Waals surface area contributed by atoms with E-state index in [1.165, 1.54) is 0 Å². The molecule has 5 heteroatoms. The summed E-state index contributed by atoms with van der Waals surface area (Å²) in [7, 11) is 0. The highest BCUT2D eigenvalue weighted by atomic mass is 15.0. The number of nitrogens with one attached hydrogen (secondary N) is 1. The minimum Gasteiger partial charge on any atom is -0.398 e. The summed E-state index contributed by atoms with van der Waals surface area (Å²) >= 11 is 0. The first-order valence-electron chi connectivity index (χ1n) is 16.4. The van der Waals surface area contributed by atoms with Crippen LogP contribution in [-0.4, -0.2) is 19.5 Å². The molecule has 0 amide bonds. The van der Waals surface area contributed by atoms with Crippen LogP contribution in [0.1, 0.15) is 22.8 Å². The zero-order valence-electron chi connectivity index (χ0n) is 26.6. The Kier molecular flexibility index (Phi) is 6.87. The maximum atomic E-state index is 6.89. The summed E-state index contributed by atoms with van der Waals surface area (Å²) in [6.07, 6.45) is 8.33. The summed E-state index contributed by atoms with van der Waals surface area (Å²) in [6, 6.07) is 50.4. The topological polar surface area (TPSA) is 72.5 Å². The normalized spacial score (nSPS) is 12.0. The number of hydrogen-bond donors (Lipinski definition) is 2. The van der Waals surface area contributed by atoms with Crippen LogP contribution in [0.4, 0.5) is 5.69 Å². The summed E-state index contributed by atoms with van der Waals surface area (Å²) in [5.74, 6) is 0. The van der Waals surface area contributed by atoms with Gasteiger partial charge in [0, 0.05) is 44.7 Å².